The van der Waals surface area contributed by atoms with Crippen molar-refractivity contribution in [1.82, 2.24) is 15.3 Å². The molecule has 3 aromatic rings. The van der Waals surface area contributed by atoms with E-state index in [4.69, 9.17) is 16.3 Å². The van der Waals surface area contributed by atoms with Gasteiger partial charge in [0.1, 0.15) is 11.9 Å². The first kappa shape index (κ1) is 25.2. The van der Waals surface area contributed by atoms with Gasteiger partial charge in [-0.2, -0.15) is 0 Å². The predicted molar refractivity (Wildman–Crippen MR) is 137 cm³/mol. The van der Waals surface area contributed by atoms with Crippen LogP contribution in [0.25, 0.3) is 10.9 Å². The molecule has 0 spiro atoms. The zero-order chi connectivity index (χ0) is 24.0. The number of benzene rings is 1. The second kappa shape index (κ2) is 11.7. The normalized spacial score (nSPS) is 17.4. The van der Waals surface area contributed by atoms with Gasteiger partial charge in [-0.15, -0.1) is 11.8 Å². The maximum Gasteiger partial charge on any atom is 0.127 e. The number of alkyl halides is 1. The van der Waals surface area contributed by atoms with Crippen molar-refractivity contribution in [2.24, 2.45) is 5.41 Å². The fraction of sp³-hybridized carbons (Fsp3) is 0.462. The SMILES string of the molecule is COc1ccc2ncc(Cl)c([C@H](F)CCC3([C@@H](O)CCSc4cccnc4)CCNCC3)c2c1. The molecule has 2 atom stereocenters. The number of hydrogen-bond donors (Lipinski definition) is 2. The van der Waals surface area contributed by atoms with Crippen molar-refractivity contribution < 1.29 is 14.2 Å². The number of methoxy groups -OCH3 is 1. The van der Waals surface area contributed by atoms with Gasteiger partial charge in [-0.05, 0) is 80.9 Å². The summed E-state index contributed by atoms with van der Waals surface area (Å²) in [5.41, 5.74) is 0.834. The molecule has 2 aromatic heterocycles. The molecule has 1 aliphatic heterocycles. The molecule has 4 rings (SSSR count). The molecule has 5 nitrogen and oxygen atoms in total. The average molecular weight is 504 g/mol. The number of thioether (sulfide) groups is 1. The monoisotopic (exact) mass is 503 g/mol. The van der Waals surface area contributed by atoms with Crippen LogP contribution < -0.4 is 10.1 Å². The molecule has 0 radical (unpaired) electrons. The molecule has 34 heavy (non-hydrogen) atoms. The van der Waals surface area contributed by atoms with Crippen LogP contribution in [0.5, 0.6) is 5.75 Å². The number of hydrogen-bond acceptors (Lipinski definition) is 6. The van der Waals surface area contributed by atoms with Crippen LogP contribution in [-0.4, -0.2) is 47.1 Å². The molecule has 2 N–H and O–H groups in total. The second-order valence-corrected chi connectivity index (χ2v) is 10.4. The zero-order valence-corrected chi connectivity index (χ0v) is 20.9. The number of halogens is 2. The van der Waals surface area contributed by atoms with Crippen molar-refractivity contribution in [2.45, 2.75) is 49.3 Å². The van der Waals surface area contributed by atoms with E-state index >= 15 is 4.39 Å². The third-order valence-electron chi connectivity index (χ3n) is 6.88. The molecule has 0 unspecified atom stereocenters. The summed E-state index contributed by atoms with van der Waals surface area (Å²) in [6.45, 7) is 1.67. The highest BCUT2D eigenvalue weighted by molar-refractivity contribution is 7.99. The topological polar surface area (TPSA) is 67.3 Å². The van der Waals surface area contributed by atoms with Crippen LogP contribution in [0.2, 0.25) is 5.02 Å². The van der Waals surface area contributed by atoms with E-state index in [0.29, 0.717) is 46.5 Å². The summed E-state index contributed by atoms with van der Waals surface area (Å²) in [5.74, 6) is 1.43. The number of nitrogens with one attached hydrogen (secondary N) is 1. The fourth-order valence-electron chi connectivity index (χ4n) is 4.87. The Balaban J connectivity index is 1.47. The highest BCUT2D eigenvalue weighted by Crippen LogP contribution is 2.44. The minimum Gasteiger partial charge on any atom is -0.497 e. The van der Waals surface area contributed by atoms with E-state index in [9.17, 15) is 5.11 Å². The third-order valence-corrected chi connectivity index (χ3v) is 8.19. The Morgan fingerprint density at radius 1 is 1.24 bits per heavy atom. The van der Waals surface area contributed by atoms with E-state index in [0.717, 1.165) is 36.6 Å². The van der Waals surface area contributed by atoms with Gasteiger partial charge in [-0.3, -0.25) is 9.97 Å². The molecular formula is C26H31ClFN3O2S. The van der Waals surface area contributed by atoms with E-state index in [1.54, 1.807) is 31.1 Å². The van der Waals surface area contributed by atoms with Crippen molar-refractivity contribution in [2.75, 3.05) is 26.0 Å². The Hall–Kier alpha value is -1.93. The number of piperidine rings is 1. The van der Waals surface area contributed by atoms with E-state index in [1.807, 2.05) is 30.5 Å². The molecule has 1 aliphatic rings. The number of ether oxygens (including phenoxy) is 1. The highest BCUT2D eigenvalue weighted by atomic mass is 35.5. The molecule has 1 saturated heterocycles. The van der Waals surface area contributed by atoms with Crippen molar-refractivity contribution in [3.63, 3.8) is 0 Å². The first-order valence-electron chi connectivity index (χ1n) is 11.7. The fourth-order valence-corrected chi connectivity index (χ4v) is 6.03. The number of aliphatic hydroxyl groups excluding tert-OH is 1. The van der Waals surface area contributed by atoms with Crippen molar-refractivity contribution in [3.05, 3.63) is 59.5 Å². The largest absolute Gasteiger partial charge is 0.497 e. The number of nitrogens with zero attached hydrogens (tertiary/aromatic N) is 2. The maximum atomic E-state index is 15.8. The standard InChI is InChI=1S/C26H31ClFN3O2S/c1-33-18-4-5-23-20(15-18)25(21(27)17-31-23)22(28)6-8-26(9-12-29-13-10-26)24(32)7-14-34-19-3-2-11-30-16-19/h2-5,11,15-17,22,24,29,32H,6-10,12-14H2,1H3/t22-,24+/m1/s1. The summed E-state index contributed by atoms with van der Waals surface area (Å²) in [4.78, 5) is 9.58. The van der Waals surface area contributed by atoms with Crippen molar-refractivity contribution >= 4 is 34.3 Å². The summed E-state index contributed by atoms with van der Waals surface area (Å²) in [6.07, 6.45) is 6.57. The van der Waals surface area contributed by atoms with Crippen LogP contribution in [0.3, 0.4) is 0 Å². The molecule has 1 fully saturated rings. The molecule has 0 aliphatic carbocycles. The molecule has 182 valence electrons. The molecule has 1 aromatic carbocycles. The second-order valence-electron chi connectivity index (χ2n) is 8.86. The minimum atomic E-state index is -1.26. The van der Waals surface area contributed by atoms with Gasteiger partial charge in [0.15, 0.2) is 0 Å². The first-order chi connectivity index (χ1) is 16.5. The van der Waals surface area contributed by atoms with Gasteiger partial charge in [0.05, 0.1) is 23.8 Å². The number of aliphatic hydroxyl groups is 1. The Morgan fingerprint density at radius 3 is 2.79 bits per heavy atom. The Bertz CT molecular complexity index is 1080. The van der Waals surface area contributed by atoms with Crippen LogP contribution in [0.1, 0.15) is 43.8 Å². The zero-order valence-electron chi connectivity index (χ0n) is 19.3. The van der Waals surface area contributed by atoms with Crippen LogP contribution >= 0.6 is 23.4 Å². The molecule has 0 amide bonds. The van der Waals surface area contributed by atoms with Crippen molar-refractivity contribution in [1.29, 1.82) is 0 Å². The van der Waals surface area contributed by atoms with Crippen LogP contribution in [0.4, 0.5) is 4.39 Å². The molecular weight excluding hydrogens is 473 g/mol. The summed E-state index contributed by atoms with van der Waals surface area (Å²) >= 11 is 8.12. The van der Waals surface area contributed by atoms with E-state index in [-0.39, 0.29) is 5.41 Å². The van der Waals surface area contributed by atoms with Gasteiger partial charge in [-0.1, -0.05) is 11.6 Å². The van der Waals surface area contributed by atoms with Gasteiger partial charge in [0.2, 0.25) is 0 Å². The highest BCUT2D eigenvalue weighted by Gasteiger charge is 2.39. The third kappa shape index (κ3) is 5.82. The summed E-state index contributed by atoms with van der Waals surface area (Å²) in [7, 11) is 1.58. The minimum absolute atomic E-state index is 0.294. The van der Waals surface area contributed by atoms with Crippen molar-refractivity contribution in [3.8, 4) is 5.75 Å². The Morgan fingerprint density at radius 2 is 2.06 bits per heavy atom. The van der Waals surface area contributed by atoms with Gasteiger partial charge < -0.3 is 15.2 Å². The lowest BCUT2D eigenvalue weighted by Gasteiger charge is -2.42. The molecule has 3 heterocycles. The van der Waals surface area contributed by atoms with E-state index < -0.39 is 12.3 Å². The molecule has 0 saturated carbocycles. The lowest BCUT2D eigenvalue weighted by Crippen LogP contribution is -2.45. The summed E-state index contributed by atoms with van der Waals surface area (Å²) < 4.78 is 21.1. The smallest absolute Gasteiger partial charge is 0.127 e. The van der Waals surface area contributed by atoms with Gasteiger partial charge in [0.25, 0.3) is 0 Å². The number of aromatic nitrogens is 2. The van der Waals surface area contributed by atoms with Gasteiger partial charge >= 0.3 is 0 Å². The quantitative estimate of drug-likeness (QED) is 0.331. The summed E-state index contributed by atoms with van der Waals surface area (Å²) in [6, 6.07) is 9.36. The van der Waals surface area contributed by atoms with Gasteiger partial charge in [-0.25, -0.2) is 4.39 Å². The number of pyridine rings is 2. The lowest BCUT2D eigenvalue weighted by atomic mass is 9.69. The van der Waals surface area contributed by atoms with Crippen LogP contribution in [0, 0.1) is 5.41 Å². The number of rotatable bonds is 10. The first-order valence-corrected chi connectivity index (χ1v) is 13.1. The van der Waals surface area contributed by atoms with Crippen LogP contribution in [-0.2, 0) is 0 Å². The van der Waals surface area contributed by atoms with Gasteiger partial charge in [0, 0.05) is 40.2 Å². The van der Waals surface area contributed by atoms with E-state index in [2.05, 4.69) is 15.3 Å². The molecule has 0 bridgehead atoms. The average Bonchev–Trinajstić information content (AvgIpc) is 2.88. The number of fused-ring (bicyclic) bond motifs is 1. The predicted octanol–water partition coefficient (Wildman–Crippen LogP) is 6.00. The Labute approximate surface area is 209 Å². The Kier molecular flexibility index (Phi) is 8.64. The molecule has 8 heteroatoms. The lowest BCUT2D eigenvalue weighted by molar-refractivity contribution is -0.0124. The van der Waals surface area contributed by atoms with Crippen LogP contribution in [0.15, 0.2) is 53.8 Å². The van der Waals surface area contributed by atoms with E-state index in [1.165, 1.54) is 6.20 Å². The maximum absolute atomic E-state index is 15.8. The summed E-state index contributed by atoms with van der Waals surface area (Å²) in [5, 5.41) is 15.6.